The number of para-hydroxylation sites is 1. The molecule has 0 bridgehead atoms. The molecular formula is C25H24N2. The van der Waals surface area contributed by atoms with E-state index in [-0.39, 0.29) is 0 Å². The van der Waals surface area contributed by atoms with E-state index in [1.807, 2.05) is 36.5 Å². The third-order valence-electron chi connectivity index (χ3n) is 5.55. The second kappa shape index (κ2) is 7.24. The second-order valence-electron chi connectivity index (χ2n) is 7.17. The van der Waals surface area contributed by atoms with Crippen molar-refractivity contribution in [2.24, 2.45) is 5.10 Å². The molecule has 1 aliphatic carbocycles. The van der Waals surface area contributed by atoms with Gasteiger partial charge in [-0.25, -0.2) is 0 Å². The number of hydrazone groups is 1. The van der Waals surface area contributed by atoms with Crippen LogP contribution in [0.4, 0.5) is 5.69 Å². The van der Waals surface area contributed by atoms with E-state index in [4.69, 9.17) is 0 Å². The molecule has 27 heavy (non-hydrogen) atoms. The van der Waals surface area contributed by atoms with Crippen molar-refractivity contribution >= 4 is 28.2 Å². The van der Waals surface area contributed by atoms with Crippen LogP contribution in [-0.2, 0) is 0 Å². The number of hydrogen-bond donors (Lipinski definition) is 1. The maximum Gasteiger partial charge on any atom is 0.0561 e. The number of benzene rings is 3. The lowest BCUT2D eigenvalue weighted by atomic mass is 9.92. The molecule has 2 nitrogen and oxygen atoms in total. The Bertz CT molecular complexity index is 1090. The number of allylic oxidation sites excluding steroid dienone is 4. The van der Waals surface area contributed by atoms with Crippen molar-refractivity contribution in [3.8, 4) is 0 Å². The van der Waals surface area contributed by atoms with Gasteiger partial charge in [-0.3, -0.25) is 5.43 Å². The van der Waals surface area contributed by atoms with Crippen molar-refractivity contribution in [3.63, 3.8) is 0 Å². The smallest absolute Gasteiger partial charge is 0.0561 e. The molecule has 0 aromatic heterocycles. The Morgan fingerprint density at radius 2 is 1.56 bits per heavy atom. The number of anilines is 1. The van der Waals surface area contributed by atoms with E-state index >= 15 is 0 Å². The molecule has 0 saturated heterocycles. The predicted octanol–water partition coefficient (Wildman–Crippen LogP) is 6.80. The quantitative estimate of drug-likeness (QED) is 0.405. The fourth-order valence-electron chi connectivity index (χ4n) is 3.76. The van der Waals surface area contributed by atoms with Crippen LogP contribution >= 0.6 is 0 Å². The van der Waals surface area contributed by atoms with Gasteiger partial charge in [-0.1, -0.05) is 60.2 Å². The lowest BCUT2D eigenvalue weighted by molar-refractivity contribution is 1.22. The summed E-state index contributed by atoms with van der Waals surface area (Å²) in [6.07, 6.45) is 2.98. The normalized spacial score (nSPS) is 14.6. The van der Waals surface area contributed by atoms with Crippen LogP contribution in [0.1, 0.15) is 38.3 Å². The minimum Gasteiger partial charge on any atom is -0.279 e. The first-order valence-corrected chi connectivity index (χ1v) is 9.38. The van der Waals surface area contributed by atoms with Crippen molar-refractivity contribution in [1.82, 2.24) is 0 Å². The Balaban J connectivity index is 1.80. The highest BCUT2D eigenvalue weighted by atomic mass is 15.3. The lowest BCUT2D eigenvalue weighted by Crippen LogP contribution is -1.97. The number of nitrogens with one attached hydrogen (secondary N) is 1. The summed E-state index contributed by atoms with van der Waals surface area (Å²) in [7, 11) is 0. The Morgan fingerprint density at radius 1 is 0.815 bits per heavy atom. The van der Waals surface area contributed by atoms with Gasteiger partial charge in [0.25, 0.3) is 0 Å². The molecule has 0 spiro atoms. The van der Waals surface area contributed by atoms with Crippen LogP contribution in [-0.4, -0.2) is 6.21 Å². The van der Waals surface area contributed by atoms with Crippen LogP contribution in [0.3, 0.4) is 0 Å². The Morgan fingerprint density at radius 3 is 2.30 bits per heavy atom. The monoisotopic (exact) mass is 352 g/mol. The number of nitrogens with zero attached hydrogens (tertiary/aromatic N) is 1. The van der Waals surface area contributed by atoms with Gasteiger partial charge in [-0.2, -0.15) is 5.10 Å². The summed E-state index contributed by atoms with van der Waals surface area (Å²) in [5, 5.41) is 7.01. The molecule has 0 unspecified atom stereocenters. The van der Waals surface area contributed by atoms with Crippen molar-refractivity contribution < 1.29 is 0 Å². The standard InChI is InChI=1S/C25H24N2/c1-17-15-24(19(3)18(17)2)23-14-13-20-9-7-8-12-22(20)25(23)16-26-27-21-10-5-4-6-11-21/h4-14,16,27H,15H2,1-3H3. The van der Waals surface area contributed by atoms with E-state index in [9.17, 15) is 0 Å². The van der Waals surface area contributed by atoms with Crippen LogP contribution in [0, 0.1) is 0 Å². The first kappa shape index (κ1) is 17.3. The van der Waals surface area contributed by atoms with E-state index in [2.05, 4.69) is 67.7 Å². The third kappa shape index (κ3) is 3.31. The summed E-state index contributed by atoms with van der Waals surface area (Å²) < 4.78 is 0. The summed E-state index contributed by atoms with van der Waals surface area (Å²) in [5.41, 5.74) is 12.3. The van der Waals surface area contributed by atoms with Gasteiger partial charge < -0.3 is 0 Å². The highest BCUT2D eigenvalue weighted by Crippen LogP contribution is 2.40. The summed E-state index contributed by atoms with van der Waals surface area (Å²) in [6, 6.07) is 23.0. The highest BCUT2D eigenvalue weighted by molar-refractivity contribution is 6.05. The zero-order chi connectivity index (χ0) is 18.8. The molecule has 0 saturated carbocycles. The van der Waals surface area contributed by atoms with Crippen molar-refractivity contribution in [2.45, 2.75) is 27.2 Å². The molecule has 3 aromatic rings. The molecule has 4 rings (SSSR count). The first-order valence-electron chi connectivity index (χ1n) is 9.38. The van der Waals surface area contributed by atoms with E-state index in [0.29, 0.717) is 0 Å². The largest absolute Gasteiger partial charge is 0.279 e. The van der Waals surface area contributed by atoms with Crippen LogP contribution in [0.15, 0.2) is 88.6 Å². The molecule has 0 heterocycles. The topological polar surface area (TPSA) is 24.4 Å². The SMILES string of the molecule is CC1=C(C)C(C)=C(c2ccc3ccccc3c2C=NNc2ccccc2)C1. The zero-order valence-corrected chi connectivity index (χ0v) is 16.1. The molecule has 0 radical (unpaired) electrons. The number of fused-ring (bicyclic) bond motifs is 1. The van der Waals surface area contributed by atoms with Gasteiger partial charge >= 0.3 is 0 Å². The minimum atomic E-state index is 0.986. The first-order chi connectivity index (χ1) is 13.1. The van der Waals surface area contributed by atoms with Crippen LogP contribution in [0.5, 0.6) is 0 Å². The summed E-state index contributed by atoms with van der Waals surface area (Å²) in [4.78, 5) is 0. The number of rotatable bonds is 4. The van der Waals surface area contributed by atoms with Gasteiger partial charge in [-0.15, -0.1) is 0 Å². The maximum atomic E-state index is 4.55. The van der Waals surface area contributed by atoms with Gasteiger partial charge in [0, 0.05) is 5.56 Å². The van der Waals surface area contributed by atoms with E-state index in [0.717, 1.165) is 12.1 Å². The van der Waals surface area contributed by atoms with Crippen LogP contribution in [0.25, 0.3) is 16.3 Å². The Labute approximate surface area is 160 Å². The average molecular weight is 352 g/mol. The summed E-state index contributed by atoms with van der Waals surface area (Å²) >= 11 is 0. The molecule has 0 amide bonds. The van der Waals surface area contributed by atoms with Crippen molar-refractivity contribution in [2.75, 3.05) is 5.43 Å². The Hall–Kier alpha value is -3.13. The Kier molecular flexibility index (Phi) is 4.64. The van der Waals surface area contributed by atoms with Crippen molar-refractivity contribution in [3.05, 3.63) is 94.6 Å². The fourth-order valence-corrected chi connectivity index (χ4v) is 3.76. The van der Waals surface area contributed by atoms with E-state index in [1.165, 1.54) is 44.2 Å². The van der Waals surface area contributed by atoms with Gasteiger partial charge in [0.15, 0.2) is 0 Å². The number of hydrogen-bond acceptors (Lipinski definition) is 2. The molecular weight excluding hydrogens is 328 g/mol. The molecule has 0 aliphatic heterocycles. The third-order valence-corrected chi connectivity index (χ3v) is 5.55. The molecule has 0 fully saturated rings. The summed E-state index contributed by atoms with van der Waals surface area (Å²) in [5.74, 6) is 0. The molecule has 2 heteroatoms. The van der Waals surface area contributed by atoms with Crippen LogP contribution in [0.2, 0.25) is 0 Å². The minimum absolute atomic E-state index is 0.986. The van der Waals surface area contributed by atoms with Gasteiger partial charge in [0.05, 0.1) is 11.9 Å². The van der Waals surface area contributed by atoms with Gasteiger partial charge in [0.1, 0.15) is 0 Å². The zero-order valence-electron chi connectivity index (χ0n) is 16.1. The summed E-state index contributed by atoms with van der Waals surface area (Å²) in [6.45, 7) is 6.69. The molecule has 1 N–H and O–H groups in total. The molecule has 3 aromatic carbocycles. The molecule has 134 valence electrons. The molecule has 1 aliphatic rings. The van der Waals surface area contributed by atoms with Crippen molar-refractivity contribution in [1.29, 1.82) is 0 Å². The second-order valence-corrected chi connectivity index (χ2v) is 7.17. The fraction of sp³-hybridized carbons (Fsp3) is 0.160. The van der Waals surface area contributed by atoms with E-state index in [1.54, 1.807) is 0 Å². The van der Waals surface area contributed by atoms with Gasteiger partial charge in [-0.05, 0) is 72.4 Å². The highest BCUT2D eigenvalue weighted by Gasteiger charge is 2.19. The van der Waals surface area contributed by atoms with Crippen LogP contribution < -0.4 is 5.43 Å². The maximum absolute atomic E-state index is 4.55. The molecule has 0 atom stereocenters. The van der Waals surface area contributed by atoms with E-state index < -0.39 is 0 Å². The predicted molar refractivity (Wildman–Crippen MR) is 117 cm³/mol. The van der Waals surface area contributed by atoms with Gasteiger partial charge in [0.2, 0.25) is 0 Å². The lowest BCUT2D eigenvalue weighted by Gasteiger charge is -2.13. The average Bonchev–Trinajstić information content (AvgIpc) is 2.96.